The molecule has 5 heteroatoms. The van der Waals surface area contributed by atoms with Crippen molar-refractivity contribution < 1.29 is 4.79 Å². The van der Waals surface area contributed by atoms with E-state index in [1.165, 1.54) is 5.56 Å². The van der Waals surface area contributed by atoms with Crippen molar-refractivity contribution in [3.63, 3.8) is 0 Å². The van der Waals surface area contributed by atoms with Crippen LogP contribution in [0.5, 0.6) is 0 Å². The van der Waals surface area contributed by atoms with Crippen molar-refractivity contribution in [1.82, 2.24) is 4.90 Å². The summed E-state index contributed by atoms with van der Waals surface area (Å²) in [6.45, 7) is 4.31. The van der Waals surface area contributed by atoms with E-state index >= 15 is 0 Å². The zero-order valence-electron chi connectivity index (χ0n) is 20.8. The number of anilines is 2. The van der Waals surface area contributed by atoms with Crippen molar-refractivity contribution >= 4 is 17.3 Å². The lowest BCUT2D eigenvalue weighted by Crippen LogP contribution is -2.36. The molecule has 0 spiro atoms. The molecule has 0 unspecified atom stereocenters. The Morgan fingerprint density at radius 2 is 1.74 bits per heavy atom. The van der Waals surface area contributed by atoms with Crippen LogP contribution in [-0.2, 0) is 0 Å². The van der Waals surface area contributed by atoms with E-state index < -0.39 is 0 Å². The first-order chi connectivity index (χ1) is 16.9. The summed E-state index contributed by atoms with van der Waals surface area (Å²) in [6.07, 6.45) is 4.21. The van der Waals surface area contributed by atoms with Gasteiger partial charge in [-0.05, 0) is 81.2 Å². The molecule has 5 rings (SSSR count). The normalized spacial score (nSPS) is 22.5. The van der Waals surface area contributed by atoms with Gasteiger partial charge < -0.3 is 21.3 Å². The van der Waals surface area contributed by atoms with E-state index in [2.05, 4.69) is 72.0 Å². The molecule has 0 bridgehead atoms. The van der Waals surface area contributed by atoms with E-state index in [0.29, 0.717) is 17.5 Å². The topological polar surface area (TPSA) is 70.4 Å². The molecule has 1 saturated carbocycles. The van der Waals surface area contributed by atoms with Crippen LogP contribution in [0.25, 0.3) is 11.1 Å². The Labute approximate surface area is 208 Å². The van der Waals surface area contributed by atoms with Crippen molar-refractivity contribution in [2.75, 3.05) is 30.8 Å². The van der Waals surface area contributed by atoms with Crippen LogP contribution in [0.1, 0.15) is 54.4 Å². The second-order valence-corrected chi connectivity index (χ2v) is 10.3. The Kier molecular flexibility index (Phi) is 6.63. The van der Waals surface area contributed by atoms with E-state index in [4.69, 9.17) is 5.73 Å². The first-order valence-corrected chi connectivity index (χ1v) is 12.8. The van der Waals surface area contributed by atoms with Gasteiger partial charge >= 0.3 is 0 Å². The number of nitrogens with zero attached hydrogens (tertiary/aromatic N) is 1. The fourth-order valence-corrected chi connectivity index (χ4v) is 5.21. The van der Waals surface area contributed by atoms with Crippen LogP contribution in [0.2, 0.25) is 0 Å². The van der Waals surface area contributed by atoms with Crippen LogP contribution in [0.15, 0.2) is 72.8 Å². The van der Waals surface area contributed by atoms with Crippen LogP contribution in [0.3, 0.4) is 0 Å². The van der Waals surface area contributed by atoms with Crippen LogP contribution in [0.4, 0.5) is 11.4 Å². The third kappa shape index (κ3) is 5.26. The molecule has 0 radical (unpaired) electrons. The number of piperidine rings is 1. The Morgan fingerprint density at radius 1 is 1.03 bits per heavy atom. The molecular weight excluding hydrogens is 432 g/mol. The second-order valence-electron chi connectivity index (χ2n) is 10.3. The SMILES string of the molecule is CC[C@@]1(N)C[C@H]1c1ccc(NC(=O)c2ccc(-c3ccccc3)c(NC3CCN(C)CC3)c2)cc1. The quantitative estimate of drug-likeness (QED) is 0.416. The highest BCUT2D eigenvalue weighted by Crippen LogP contribution is 2.51. The number of hydrogen-bond acceptors (Lipinski definition) is 4. The third-order valence-electron chi connectivity index (χ3n) is 7.79. The number of carbonyl (C=O) groups excluding carboxylic acids is 1. The minimum atomic E-state index is -0.100. The summed E-state index contributed by atoms with van der Waals surface area (Å²) in [5.74, 6) is 0.327. The first-order valence-electron chi connectivity index (χ1n) is 12.8. The molecule has 3 aromatic carbocycles. The lowest BCUT2D eigenvalue weighted by molar-refractivity contribution is 0.102. The molecule has 2 aliphatic rings. The molecule has 2 atom stereocenters. The summed E-state index contributed by atoms with van der Waals surface area (Å²) < 4.78 is 0. The average Bonchev–Trinajstić information content (AvgIpc) is 3.58. The van der Waals surface area contributed by atoms with Gasteiger partial charge in [0.2, 0.25) is 0 Å². The average molecular weight is 469 g/mol. The summed E-state index contributed by atoms with van der Waals surface area (Å²) in [7, 11) is 2.17. The molecule has 1 saturated heterocycles. The molecule has 3 aromatic rings. The fraction of sp³-hybridized carbons (Fsp3) is 0.367. The third-order valence-corrected chi connectivity index (χ3v) is 7.79. The van der Waals surface area contributed by atoms with Gasteiger partial charge in [0.25, 0.3) is 5.91 Å². The lowest BCUT2D eigenvalue weighted by atomic mass is 9.98. The van der Waals surface area contributed by atoms with Gasteiger partial charge in [-0.2, -0.15) is 0 Å². The number of benzene rings is 3. The Bertz CT molecular complexity index is 1170. The van der Waals surface area contributed by atoms with E-state index in [9.17, 15) is 4.79 Å². The molecule has 4 N–H and O–H groups in total. The molecular formula is C30H36N4O. The number of rotatable bonds is 7. The molecule has 35 heavy (non-hydrogen) atoms. The maximum Gasteiger partial charge on any atom is 0.255 e. The van der Waals surface area contributed by atoms with Crippen molar-refractivity contribution in [1.29, 1.82) is 0 Å². The number of likely N-dealkylation sites (tertiary alicyclic amines) is 1. The van der Waals surface area contributed by atoms with Gasteiger partial charge in [0.15, 0.2) is 0 Å². The second kappa shape index (κ2) is 9.84. The summed E-state index contributed by atoms with van der Waals surface area (Å²) >= 11 is 0. The van der Waals surface area contributed by atoms with Crippen molar-refractivity contribution in [3.8, 4) is 11.1 Å². The molecule has 182 valence electrons. The fourth-order valence-electron chi connectivity index (χ4n) is 5.21. The number of amides is 1. The Balaban J connectivity index is 1.34. The monoisotopic (exact) mass is 468 g/mol. The number of carbonyl (C=O) groups is 1. The maximum absolute atomic E-state index is 13.2. The van der Waals surface area contributed by atoms with Gasteiger partial charge in [-0.1, -0.05) is 55.5 Å². The molecule has 0 aromatic heterocycles. The molecule has 1 aliphatic heterocycles. The van der Waals surface area contributed by atoms with Gasteiger partial charge in [0.1, 0.15) is 0 Å². The van der Waals surface area contributed by atoms with Crippen LogP contribution in [-0.4, -0.2) is 42.5 Å². The highest BCUT2D eigenvalue weighted by molar-refractivity contribution is 6.05. The zero-order chi connectivity index (χ0) is 24.4. The first kappa shape index (κ1) is 23.6. The van der Waals surface area contributed by atoms with Gasteiger partial charge in [-0.15, -0.1) is 0 Å². The standard InChI is InChI=1S/C30H36N4O/c1-3-30(31)20-27(30)22-9-12-24(13-10-22)33-29(35)23-11-14-26(21-7-5-4-6-8-21)28(19-23)32-25-15-17-34(2)18-16-25/h4-14,19,25,27,32H,3,15-18,20,31H2,1-2H3,(H,33,35)/t27-,30+/m0/s1. The number of nitrogens with one attached hydrogen (secondary N) is 2. The van der Waals surface area contributed by atoms with E-state index in [-0.39, 0.29) is 11.4 Å². The summed E-state index contributed by atoms with van der Waals surface area (Å²) in [5.41, 5.74) is 12.3. The Hall–Kier alpha value is -3.15. The molecule has 2 fully saturated rings. The summed E-state index contributed by atoms with van der Waals surface area (Å²) in [6, 6.07) is 24.9. The van der Waals surface area contributed by atoms with Crippen LogP contribution >= 0.6 is 0 Å². The maximum atomic E-state index is 13.2. The smallest absolute Gasteiger partial charge is 0.255 e. The number of nitrogens with two attached hydrogens (primary N) is 1. The Morgan fingerprint density at radius 3 is 2.40 bits per heavy atom. The molecule has 1 amide bonds. The molecule has 1 aliphatic carbocycles. The van der Waals surface area contributed by atoms with Gasteiger partial charge in [0.05, 0.1) is 0 Å². The summed E-state index contributed by atoms with van der Waals surface area (Å²) in [4.78, 5) is 15.5. The highest BCUT2D eigenvalue weighted by Gasteiger charge is 2.49. The lowest BCUT2D eigenvalue weighted by Gasteiger charge is -2.31. The van der Waals surface area contributed by atoms with E-state index in [1.54, 1.807) is 0 Å². The van der Waals surface area contributed by atoms with Gasteiger partial charge in [-0.25, -0.2) is 0 Å². The van der Waals surface area contributed by atoms with E-state index in [0.717, 1.165) is 61.3 Å². The summed E-state index contributed by atoms with van der Waals surface area (Å²) in [5, 5.41) is 6.82. The van der Waals surface area contributed by atoms with Crippen molar-refractivity contribution in [3.05, 3.63) is 83.9 Å². The van der Waals surface area contributed by atoms with Gasteiger partial charge in [0, 0.05) is 40.0 Å². The van der Waals surface area contributed by atoms with Crippen molar-refractivity contribution in [2.45, 2.75) is 50.1 Å². The predicted octanol–water partition coefficient (Wildman–Crippen LogP) is 5.71. The van der Waals surface area contributed by atoms with E-state index in [1.807, 2.05) is 30.3 Å². The molecule has 5 nitrogen and oxygen atoms in total. The highest BCUT2D eigenvalue weighted by atomic mass is 16.1. The zero-order valence-corrected chi connectivity index (χ0v) is 20.8. The predicted molar refractivity (Wildman–Crippen MR) is 145 cm³/mol. The number of hydrogen-bond donors (Lipinski definition) is 3. The van der Waals surface area contributed by atoms with Crippen LogP contribution in [0, 0.1) is 0 Å². The molecule has 1 heterocycles. The minimum absolute atomic E-state index is 0.0532. The van der Waals surface area contributed by atoms with Crippen LogP contribution < -0.4 is 16.4 Å². The van der Waals surface area contributed by atoms with Crippen molar-refractivity contribution in [2.24, 2.45) is 5.73 Å². The largest absolute Gasteiger partial charge is 0.382 e. The van der Waals surface area contributed by atoms with Gasteiger partial charge in [-0.3, -0.25) is 4.79 Å². The minimum Gasteiger partial charge on any atom is -0.382 e.